The molecule has 1 aromatic heterocycles. The van der Waals surface area contributed by atoms with Gasteiger partial charge in [0.2, 0.25) is 0 Å². The molecule has 0 aliphatic heterocycles. The number of tetrazole rings is 1. The fourth-order valence-electron chi connectivity index (χ4n) is 2.69. The fraction of sp³-hybridized carbons (Fsp3) is 0.278. The van der Waals surface area contributed by atoms with E-state index in [9.17, 15) is 0 Å². The van der Waals surface area contributed by atoms with E-state index in [0.29, 0.717) is 6.54 Å². The molecule has 0 aliphatic rings. The van der Waals surface area contributed by atoms with Crippen LogP contribution in [0.3, 0.4) is 0 Å². The van der Waals surface area contributed by atoms with Crippen LogP contribution in [0.15, 0.2) is 54.6 Å². The van der Waals surface area contributed by atoms with Crippen LogP contribution in [0.2, 0.25) is 0 Å². The highest BCUT2D eigenvalue weighted by molar-refractivity contribution is 5.78. The summed E-state index contributed by atoms with van der Waals surface area (Å²) in [7, 11) is 2.08. The maximum absolute atomic E-state index is 4.16. The van der Waals surface area contributed by atoms with Crippen molar-refractivity contribution < 1.29 is 0 Å². The first kappa shape index (κ1) is 15.2. The number of hydrogen-bond acceptors (Lipinski definition) is 4. The average Bonchev–Trinajstić information content (AvgIpc) is 3.03. The van der Waals surface area contributed by atoms with Crippen LogP contribution in [-0.4, -0.2) is 27.3 Å². The molecular formula is C18H21N5. The van der Waals surface area contributed by atoms with E-state index in [0.717, 1.165) is 18.8 Å². The Bertz CT molecular complexity index is 751. The third-order valence-corrected chi connectivity index (χ3v) is 3.82. The van der Waals surface area contributed by atoms with Crippen LogP contribution in [0.25, 0.3) is 11.1 Å². The Kier molecular flexibility index (Phi) is 4.66. The van der Waals surface area contributed by atoms with Crippen LogP contribution in [0.4, 0.5) is 5.69 Å². The average molecular weight is 307 g/mol. The molecule has 0 atom stereocenters. The molecule has 0 saturated carbocycles. The maximum Gasteiger partial charge on any atom is 0.170 e. The Morgan fingerprint density at radius 3 is 2.52 bits per heavy atom. The SMILES string of the molecule is CCCn1nnnc1CN(C)c1ccccc1-c1ccccc1. The number of anilines is 1. The summed E-state index contributed by atoms with van der Waals surface area (Å²) in [5, 5.41) is 12.0. The van der Waals surface area contributed by atoms with Crippen LogP contribution in [-0.2, 0) is 13.1 Å². The summed E-state index contributed by atoms with van der Waals surface area (Å²) >= 11 is 0. The highest BCUT2D eigenvalue weighted by Crippen LogP contribution is 2.30. The highest BCUT2D eigenvalue weighted by atomic mass is 15.5. The fourth-order valence-corrected chi connectivity index (χ4v) is 2.69. The van der Waals surface area contributed by atoms with Gasteiger partial charge in [0.25, 0.3) is 0 Å². The van der Waals surface area contributed by atoms with Crippen molar-refractivity contribution in [2.75, 3.05) is 11.9 Å². The zero-order valence-corrected chi connectivity index (χ0v) is 13.6. The number of rotatable bonds is 6. The van der Waals surface area contributed by atoms with Gasteiger partial charge in [-0.25, -0.2) is 4.68 Å². The van der Waals surface area contributed by atoms with E-state index in [-0.39, 0.29) is 0 Å². The first-order valence-corrected chi connectivity index (χ1v) is 7.90. The van der Waals surface area contributed by atoms with E-state index in [1.54, 1.807) is 0 Å². The van der Waals surface area contributed by atoms with Crippen LogP contribution in [0.1, 0.15) is 19.2 Å². The molecule has 1 heterocycles. The summed E-state index contributed by atoms with van der Waals surface area (Å²) < 4.78 is 1.88. The zero-order valence-electron chi connectivity index (χ0n) is 13.6. The highest BCUT2D eigenvalue weighted by Gasteiger charge is 2.13. The van der Waals surface area contributed by atoms with Gasteiger partial charge < -0.3 is 4.90 Å². The minimum Gasteiger partial charge on any atom is -0.366 e. The largest absolute Gasteiger partial charge is 0.366 e. The summed E-state index contributed by atoms with van der Waals surface area (Å²) in [6, 6.07) is 18.8. The summed E-state index contributed by atoms with van der Waals surface area (Å²) in [6.45, 7) is 3.65. The summed E-state index contributed by atoms with van der Waals surface area (Å²) in [5.41, 5.74) is 3.60. The van der Waals surface area contributed by atoms with Crippen LogP contribution < -0.4 is 4.90 Å². The van der Waals surface area contributed by atoms with E-state index < -0.39 is 0 Å². The molecule has 0 saturated heterocycles. The van der Waals surface area contributed by atoms with E-state index in [4.69, 9.17) is 0 Å². The van der Waals surface area contributed by atoms with Crippen molar-refractivity contribution in [2.24, 2.45) is 0 Å². The lowest BCUT2D eigenvalue weighted by Crippen LogP contribution is -2.20. The monoisotopic (exact) mass is 307 g/mol. The van der Waals surface area contributed by atoms with Gasteiger partial charge in [0, 0.05) is 24.8 Å². The van der Waals surface area contributed by atoms with Gasteiger partial charge in [-0.2, -0.15) is 0 Å². The van der Waals surface area contributed by atoms with E-state index >= 15 is 0 Å². The van der Waals surface area contributed by atoms with Gasteiger partial charge in [-0.15, -0.1) is 5.10 Å². The smallest absolute Gasteiger partial charge is 0.170 e. The van der Waals surface area contributed by atoms with Crippen molar-refractivity contribution in [3.63, 3.8) is 0 Å². The third kappa shape index (κ3) is 3.39. The van der Waals surface area contributed by atoms with Gasteiger partial charge >= 0.3 is 0 Å². The molecular weight excluding hydrogens is 286 g/mol. The topological polar surface area (TPSA) is 46.8 Å². The third-order valence-electron chi connectivity index (χ3n) is 3.82. The molecule has 3 aromatic rings. The minimum atomic E-state index is 0.677. The summed E-state index contributed by atoms with van der Waals surface area (Å²) in [4.78, 5) is 2.19. The van der Waals surface area contributed by atoms with E-state index in [1.807, 2.05) is 10.7 Å². The van der Waals surface area contributed by atoms with Crippen LogP contribution in [0.5, 0.6) is 0 Å². The number of hydrogen-bond donors (Lipinski definition) is 0. The molecule has 0 spiro atoms. The summed E-state index contributed by atoms with van der Waals surface area (Å²) in [6.07, 6.45) is 1.02. The molecule has 118 valence electrons. The van der Waals surface area contributed by atoms with E-state index in [2.05, 4.69) is 82.9 Å². The van der Waals surface area contributed by atoms with Gasteiger partial charge in [0.05, 0.1) is 6.54 Å². The molecule has 2 aromatic carbocycles. The molecule has 0 aliphatic carbocycles. The van der Waals surface area contributed by atoms with Crippen LogP contribution >= 0.6 is 0 Å². The maximum atomic E-state index is 4.16. The lowest BCUT2D eigenvalue weighted by atomic mass is 10.0. The Labute approximate surface area is 136 Å². The number of para-hydroxylation sites is 1. The Morgan fingerprint density at radius 2 is 1.74 bits per heavy atom. The number of nitrogens with zero attached hydrogens (tertiary/aromatic N) is 5. The van der Waals surface area contributed by atoms with Crippen molar-refractivity contribution >= 4 is 5.69 Å². The number of aromatic nitrogens is 4. The zero-order chi connectivity index (χ0) is 16.1. The Balaban J connectivity index is 1.88. The molecule has 5 nitrogen and oxygen atoms in total. The summed E-state index contributed by atoms with van der Waals surface area (Å²) in [5.74, 6) is 0.886. The second-order valence-electron chi connectivity index (χ2n) is 5.56. The molecule has 0 radical (unpaired) electrons. The molecule has 0 fully saturated rings. The lowest BCUT2D eigenvalue weighted by Gasteiger charge is -2.22. The van der Waals surface area contributed by atoms with Crippen molar-refractivity contribution in [1.82, 2.24) is 20.2 Å². The van der Waals surface area contributed by atoms with Gasteiger partial charge in [-0.3, -0.25) is 0 Å². The minimum absolute atomic E-state index is 0.677. The van der Waals surface area contributed by atoms with Crippen molar-refractivity contribution in [3.8, 4) is 11.1 Å². The molecule has 23 heavy (non-hydrogen) atoms. The molecule has 0 bridgehead atoms. The molecule has 0 unspecified atom stereocenters. The quantitative estimate of drug-likeness (QED) is 0.700. The predicted octanol–water partition coefficient (Wildman–Crippen LogP) is 3.39. The number of aryl methyl sites for hydroxylation is 1. The second-order valence-corrected chi connectivity index (χ2v) is 5.56. The van der Waals surface area contributed by atoms with E-state index in [1.165, 1.54) is 16.8 Å². The van der Waals surface area contributed by atoms with Crippen LogP contribution in [0, 0.1) is 0 Å². The van der Waals surface area contributed by atoms with Gasteiger partial charge in [-0.1, -0.05) is 55.5 Å². The Morgan fingerprint density at radius 1 is 1.00 bits per heavy atom. The number of benzene rings is 2. The molecule has 0 amide bonds. The second kappa shape index (κ2) is 7.05. The van der Waals surface area contributed by atoms with Gasteiger partial charge in [-0.05, 0) is 28.5 Å². The first-order chi connectivity index (χ1) is 11.3. The molecule has 5 heteroatoms. The molecule has 0 N–H and O–H groups in total. The van der Waals surface area contributed by atoms with Crippen molar-refractivity contribution in [3.05, 3.63) is 60.4 Å². The van der Waals surface area contributed by atoms with Crippen molar-refractivity contribution in [1.29, 1.82) is 0 Å². The Hall–Kier alpha value is -2.69. The predicted molar refractivity (Wildman–Crippen MR) is 92.1 cm³/mol. The normalized spacial score (nSPS) is 10.7. The molecule has 3 rings (SSSR count). The van der Waals surface area contributed by atoms with Crippen molar-refractivity contribution in [2.45, 2.75) is 26.4 Å². The first-order valence-electron chi connectivity index (χ1n) is 7.90. The lowest BCUT2D eigenvalue weighted by molar-refractivity contribution is 0.552. The van der Waals surface area contributed by atoms with Gasteiger partial charge in [0.15, 0.2) is 5.82 Å². The standard InChI is InChI=1S/C18H21N5/c1-3-13-23-18(19-20-21-23)14-22(2)17-12-8-7-11-16(17)15-9-5-4-6-10-15/h4-12H,3,13-14H2,1-2H3. The van der Waals surface area contributed by atoms with Gasteiger partial charge in [0.1, 0.15) is 0 Å².